The molecule has 0 atom stereocenters. The smallest absolute Gasteiger partial charge is 0.255 e. The molecule has 0 unspecified atom stereocenters. The van der Waals surface area contributed by atoms with Crippen molar-refractivity contribution in [3.8, 4) is 5.88 Å². The number of nitrogens with zero attached hydrogens (tertiary/aromatic N) is 2. The molecule has 1 amide bonds. The zero-order valence-electron chi connectivity index (χ0n) is 11.4. The second-order valence-corrected chi connectivity index (χ2v) is 3.95. The number of rotatable bonds is 5. The summed E-state index contributed by atoms with van der Waals surface area (Å²) in [5.74, 6) is 0.962. The molecular formula is C14H16N4O2. The number of carbonyl (C=O) groups is 1. The predicted octanol–water partition coefficient (Wildman–Crippen LogP) is 2.17. The molecule has 2 aromatic rings. The van der Waals surface area contributed by atoms with Crippen LogP contribution in [0.3, 0.4) is 0 Å². The van der Waals surface area contributed by atoms with Crippen LogP contribution in [0.5, 0.6) is 5.88 Å². The van der Waals surface area contributed by atoms with E-state index in [-0.39, 0.29) is 5.91 Å². The van der Waals surface area contributed by atoms with Gasteiger partial charge in [-0.25, -0.2) is 9.97 Å². The number of pyridine rings is 2. The lowest BCUT2D eigenvalue weighted by Crippen LogP contribution is -2.12. The Hall–Kier alpha value is -2.63. The summed E-state index contributed by atoms with van der Waals surface area (Å²) < 4.78 is 5.24. The molecule has 2 heterocycles. The van der Waals surface area contributed by atoms with Crippen LogP contribution in [0.1, 0.15) is 17.3 Å². The summed E-state index contributed by atoms with van der Waals surface area (Å²) in [6.45, 7) is 2.45. The Labute approximate surface area is 117 Å². The number of nitrogens with one attached hydrogen (secondary N) is 2. The highest BCUT2D eigenvalue weighted by Crippen LogP contribution is 2.13. The van der Waals surface area contributed by atoms with Gasteiger partial charge in [-0.1, -0.05) is 0 Å². The Bertz CT molecular complexity index is 584. The van der Waals surface area contributed by atoms with Crippen molar-refractivity contribution in [1.29, 1.82) is 0 Å². The average molecular weight is 272 g/mol. The van der Waals surface area contributed by atoms with Gasteiger partial charge in [-0.3, -0.25) is 4.79 Å². The minimum Gasteiger partial charge on any atom is -0.478 e. The van der Waals surface area contributed by atoms with Gasteiger partial charge in [0, 0.05) is 24.9 Å². The molecule has 0 aliphatic rings. The third kappa shape index (κ3) is 3.44. The lowest BCUT2D eigenvalue weighted by atomic mass is 10.2. The highest BCUT2D eigenvalue weighted by atomic mass is 16.5. The first-order valence-corrected chi connectivity index (χ1v) is 6.27. The van der Waals surface area contributed by atoms with Crippen LogP contribution in [0, 0.1) is 0 Å². The molecule has 2 rings (SSSR count). The highest BCUT2D eigenvalue weighted by Gasteiger charge is 2.07. The molecule has 0 saturated heterocycles. The summed E-state index contributed by atoms with van der Waals surface area (Å²) in [7, 11) is 1.75. The molecule has 0 aliphatic heterocycles. The number of hydrogen-bond donors (Lipinski definition) is 2. The van der Waals surface area contributed by atoms with Crippen LogP contribution in [0.25, 0.3) is 0 Å². The molecule has 0 aliphatic carbocycles. The summed E-state index contributed by atoms with van der Waals surface area (Å²) in [6.07, 6.45) is 3.14. The molecule has 0 spiro atoms. The van der Waals surface area contributed by atoms with Gasteiger partial charge in [0.25, 0.3) is 5.91 Å². The standard InChI is InChI=1S/C14H16N4O2/c1-3-20-13-5-4-11(9-17-13)18-14(19)10-6-7-16-12(8-10)15-2/h4-9H,3H2,1-2H3,(H,15,16)(H,18,19). The molecular weight excluding hydrogens is 256 g/mol. The minimum atomic E-state index is -0.213. The average Bonchev–Trinajstić information content (AvgIpc) is 2.49. The highest BCUT2D eigenvalue weighted by molar-refractivity contribution is 6.04. The summed E-state index contributed by atoms with van der Waals surface area (Å²) in [6, 6.07) is 6.79. The molecule has 0 fully saturated rings. The number of hydrogen-bond acceptors (Lipinski definition) is 5. The number of anilines is 2. The fraction of sp³-hybridized carbons (Fsp3) is 0.214. The number of aromatic nitrogens is 2. The van der Waals surface area contributed by atoms with Crippen molar-refractivity contribution >= 4 is 17.4 Å². The quantitative estimate of drug-likeness (QED) is 0.872. The molecule has 2 N–H and O–H groups in total. The first-order valence-electron chi connectivity index (χ1n) is 6.27. The second kappa shape index (κ2) is 6.51. The summed E-state index contributed by atoms with van der Waals surface area (Å²) in [5, 5.41) is 5.65. The Morgan fingerprint density at radius 2 is 2.15 bits per heavy atom. The van der Waals surface area contributed by atoms with E-state index in [0.717, 1.165) is 0 Å². The largest absolute Gasteiger partial charge is 0.478 e. The minimum absolute atomic E-state index is 0.213. The Morgan fingerprint density at radius 1 is 1.30 bits per heavy atom. The Balaban J connectivity index is 2.06. The van der Waals surface area contributed by atoms with Crippen LogP contribution >= 0.6 is 0 Å². The first-order chi connectivity index (χ1) is 9.72. The van der Waals surface area contributed by atoms with Gasteiger partial charge >= 0.3 is 0 Å². The van der Waals surface area contributed by atoms with Crippen LogP contribution in [-0.4, -0.2) is 29.5 Å². The van der Waals surface area contributed by atoms with E-state index in [1.54, 1.807) is 43.7 Å². The van der Waals surface area contributed by atoms with Crippen molar-refractivity contribution in [1.82, 2.24) is 9.97 Å². The van der Waals surface area contributed by atoms with Crippen LogP contribution in [0.15, 0.2) is 36.7 Å². The molecule has 104 valence electrons. The summed E-state index contributed by atoms with van der Waals surface area (Å²) >= 11 is 0. The SMILES string of the molecule is CCOc1ccc(NC(=O)c2ccnc(NC)c2)cn1. The molecule has 0 aromatic carbocycles. The summed E-state index contributed by atoms with van der Waals surface area (Å²) in [4.78, 5) is 20.2. The van der Waals surface area contributed by atoms with Crippen molar-refractivity contribution < 1.29 is 9.53 Å². The molecule has 6 nitrogen and oxygen atoms in total. The Kier molecular flexibility index (Phi) is 4.49. The van der Waals surface area contributed by atoms with Crippen molar-refractivity contribution in [2.45, 2.75) is 6.92 Å². The summed E-state index contributed by atoms with van der Waals surface area (Å²) in [5.41, 5.74) is 1.14. The fourth-order valence-electron chi connectivity index (χ4n) is 1.60. The van der Waals surface area contributed by atoms with Gasteiger partial charge in [-0.2, -0.15) is 0 Å². The van der Waals surface area contributed by atoms with Gasteiger partial charge in [-0.15, -0.1) is 0 Å². The van der Waals surface area contributed by atoms with E-state index >= 15 is 0 Å². The van der Waals surface area contributed by atoms with E-state index in [1.165, 1.54) is 0 Å². The van der Waals surface area contributed by atoms with Gasteiger partial charge in [0.05, 0.1) is 18.5 Å². The van der Waals surface area contributed by atoms with E-state index in [2.05, 4.69) is 20.6 Å². The van der Waals surface area contributed by atoms with Gasteiger partial charge in [-0.05, 0) is 25.1 Å². The van der Waals surface area contributed by atoms with E-state index < -0.39 is 0 Å². The van der Waals surface area contributed by atoms with Gasteiger partial charge in [0.1, 0.15) is 5.82 Å². The maximum atomic E-state index is 12.1. The third-order valence-corrected chi connectivity index (χ3v) is 2.56. The molecule has 0 bridgehead atoms. The van der Waals surface area contributed by atoms with Crippen LogP contribution in [0.2, 0.25) is 0 Å². The molecule has 2 aromatic heterocycles. The van der Waals surface area contributed by atoms with Crippen molar-refractivity contribution in [2.75, 3.05) is 24.3 Å². The molecule has 0 radical (unpaired) electrons. The van der Waals surface area contributed by atoms with Crippen LogP contribution < -0.4 is 15.4 Å². The zero-order valence-corrected chi connectivity index (χ0v) is 11.4. The van der Waals surface area contributed by atoms with Crippen molar-refractivity contribution in [2.24, 2.45) is 0 Å². The first kappa shape index (κ1) is 13.8. The topological polar surface area (TPSA) is 76.1 Å². The van der Waals surface area contributed by atoms with Crippen LogP contribution in [-0.2, 0) is 0 Å². The monoisotopic (exact) mass is 272 g/mol. The van der Waals surface area contributed by atoms with Gasteiger partial charge in [0.2, 0.25) is 5.88 Å². The predicted molar refractivity (Wildman–Crippen MR) is 77.1 cm³/mol. The van der Waals surface area contributed by atoms with E-state index in [4.69, 9.17) is 4.74 Å². The van der Waals surface area contributed by atoms with Gasteiger partial charge in [0.15, 0.2) is 0 Å². The van der Waals surface area contributed by atoms with Crippen molar-refractivity contribution in [3.05, 3.63) is 42.2 Å². The molecule has 6 heteroatoms. The number of carbonyl (C=O) groups excluding carboxylic acids is 1. The second-order valence-electron chi connectivity index (χ2n) is 3.95. The number of amides is 1. The third-order valence-electron chi connectivity index (χ3n) is 2.56. The maximum absolute atomic E-state index is 12.1. The lowest BCUT2D eigenvalue weighted by molar-refractivity contribution is 0.102. The van der Waals surface area contributed by atoms with E-state index in [0.29, 0.717) is 29.6 Å². The van der Waals surface area contributed by atoms with Gasteiger partial charge < -0.3 is 15.4 Å². The van der Waals surface area contributed by atoms with Crippen molar-refractivity contribution in [3.63, 3.8) is 0 Å². The fourth-order valence-corrected chi connectivity index (χ4v) is 1.60. The van der Waals surface area contributed by atoms with E-state index in [9.17, 15) is 4.79 Å². The van der Waals surface area contributed by atoms with Crippen LogP contribution in [0.4, 0.5) is 11.5 Å². The Morgan fingerprint density at radius 3 is 2.80 bits per heavy atom. The maximum Gasteiger partial charge on any atom is 0.255 e. The molecule has 20 heavy (non-hydrogen) atoms. The number of ether oxygens (including phenoxy) is 1. The zero-order chi connectivity index (χ0) is 14.4. The van der Waals surface area contributed by atoms with E-state index in [1.807, 2.05) is 6.92 Å². The normalized spacial score (nSPS) is 9.90. The molecule has 0 saturated carbocycles. The lowest BCUT2D eigenvalue weighted by Gasteiger charge is -2.07.